The minimum atomic E-state index is -1.39. The Hall–Kier alpha value is -4.46. The van der Waals surface area contributed by atoms with Gasteiger partial charge >= 0.3 is 12.1 Å². The molecule has 0 radical (unpaired) electrons. The van der Waals surface area contributed by atoms with Gasteiger partial charge in [0.05, 0.1) is 31.2 Å². The van der Waals surface area contributed by atoms with Gasteiger partial charge in [0, 0.05) is 44.2 Å². The standard InChI is InChI=1S/C30H39N5O9/c1-4-43-30(42)34-12-10-33(11-13-34)29(41)24(16-26(37)38)32-27(39)23-15-25(21-8-7-18(2)14-22(21)31-23)44-19(3)28(40)35-9-5-6-20(35)17-36/h7-8,14-15,19-20,24,36H,4-6,9-13,16-17H2,1-3H3,(H,32,39)(H,37,38)/t19-,20-,24-/m0/s1. The maximum atomic E-state index is 13.5. The van der Waals surface area contributed by atoms with Gasteiger partial charge in [0.2, 0.25) is 5.91 Å². The number of aliphatic hydroxyl groups excluding tert-OH is 1. The van der Waals surface area contributed by atoms with Gasteiger partial charge in [-0.25, -0.2) is 9.78 Å². The van der Waals surface area contributed by atoms with Crippen LogP contribution in [0, 0.1) is 6.92 Å². The molecule has 3 N–H and O–H groups in total. The number of likely N-dealkylation sites (tertiary alicyclic amines) is 1. The van der Waals surface area contributed by atoms with E-state index >= 15 is 0 Å². The molecular weight excluding hydrogens is 574 g/mol. The highest BCUT2D eigenvalue weighted by Gasteiger charge is 2.34. The third kappa shape index (κ3) is 7.54. The number of aliphatic carboxylic acids is 1. The molecule has 14 heteroatoms. The Morgan fingerprint density at radius 3 is 2.41 bits per heavy atom. The number of piperazine rings is 1. The van der Waals surface area contributed by atoms with Gasteiger partial charge in [0.1, 0.15) is 17.5 Å². The van der Waals surface area contributed by atoms with Crippen molar-refractivity contribution in [2.24, 2.45) is 0 Å². The van der Waals surface area contributed by atoms with Gasteiger partial charge in [-0.3, -0.25) is 19.2 Å². The van der Waals surface area contributed by atoms with Gasteiger partial charge in [0.15, 0.2) is 6.10 Å². The summed E-state index contributed by atoms with van der Waals surface area (Å²) in [7, 11) is 0. The highest BCUT2D eigenvalue weighted by Crippen LogP contribution is 2.28. The molecule has 4 rings (SSSR count). The number of pyridine rings is 1. The van der Waals surface area contributed by atoms with Gasteiger partial charge in [-0.1, -0.05) is 6.07 Å². The van der Waals surface area contributed by atoms with Crippen molar-refractivity contribution in [3.63, 3.8) is 0 Å². The van der Waals surface area contributed by atoms with Crippen LogP contribution in [0.15, 0.2) is 24.3 Å². The molecule has 4 amide bonds. The van der Waals surface area contributed by atoms with E-state index in [2.05, 4.69) is 10.3 Å². The number of ether oxygens (including phenoxy) is 2. The summed E-state index contributed by atoms with van der Waals surface area (Å²) in [5.74, 6) is -2.74. The normalized spacial score (nSPS) is 18.1. The number of aromatic nitrogens is 1. The maximum absolute atomic E-state index is 13.5. The Kier molecular flexibility index (Phi) is 10.6. The number of carbonyl (C=O) groups excluding carboxylic acids is 4. The first kappa shape index (κ1) is 32.5. The van der Waals surface area contributed by atoms with Crippen LogP contribution in [0.3, 0.4) is 0 Å². The molecule has 2 fully saturated rings. The van der Waals surface area contributed by atoms with Crippen LogP contribution in [-0.4, -0.2) is 124 Å². The van der Waals surface area contributed by atoms with Gasteiger partial charge in [-0.15, -0.1) is 0 Å². The average molecular weight is 614 g/mol. The smallest absolute Gasteiger partial charge is 0.409 e. The van der Waals surface area contributed by atoms with Crippen molar-refractivity contribution in [2.45, 2.75) is 58.2 Å². The third-order valence-corrected chi connectivity index (χ3v) is 7.78. The Bertz CT molecular complexity index is 1410. The largest absolute Gasteiger partial charge is 0.481 e. The number of fused-ring (bicyclic) bond motifs is 1. The topological polar surface area (TPSA) is 179 Å². The van der Waals surface area contributed by atoms with Crippen molar-refractivity contribution in [3.05, 3.63) is 35.5 Å². The molecule has 2 saturated heterocycles. The lowest BCUT2D eigenvalue weighted by Crippen LogP contribution is -2.56. The Morgan fingerprint density at radius 2 is 1.75 bits per heavy atom. The monoisotopic (exact) mass is 613 g/mol. The maximum Gasteiger partial charge on any atom is 0.409 e. The third-order valence-electron chi connectivity index (χ3n) is 7.78. The number of carboxylic acid groups (broad SMARTS) is 1. The fourth-order valence-corrected chi connectivity index (χ4v) is 5.46. The molecular formula is C30H39N5O9. The first-order chi connectivity index (χ1) is 21.0. The van der Waals surface area contributed by atoms with Crippen LogP contribution in [0.2, 0.25) is 0 Å². The molecule has 3 heterocycles. The molecule has 1 aromatic carbocycles. The number of benzene rings is 1. The zero-order chi connectivity index (χ0) is 32.0. The Labute approximate surface area is 254 Å². The van der Waals surface area contributed by atoms with Crippen molar-refractivity contribution < 1.29 is 43.7 Å². The fourth-order valence-electron chi connectivity index (χ4n) is 5.46. The molecule has 2 aliphatic rings. The lowest BCUT2D eigenvalue weighted by atomic mass is 10.1. The van der Waals surface area contributed by atoms with E-state index < -0.39 is 42.4 Å². The predicted molar refractivity (Wildman–Crippen MR) is 157 cm³/mol. The summed E-state index contributed by atoms with van der Waals surface area (Å²) in [6.07, 6.45) is -0.599. The number of hydrogen-bond donors (Lipinski definition) is 3. The lowest BCUT2D eigenvalue weighted by Gasteiger charge is -2.35. The van der Waals surface area contributed by atoms with E-state index in [1.54, 1.807) is 30.9 Å². The van der Waals surface area contributed by atoms with Crippen molar-refractivity contribution >= 4 is 40.7 Å². The van der Waals surface area contributed by atoms with Crippen molar-refractivity contribution in [1.82, 2.24) is 25.0 Å². The van der Waals surface area contributed by atoms with Crippen molar-refractivity contribution in [3.8, 4) is 5.75 Å². The molecule has 2 aliphatic heterocycles. The molecule has 2 aromatic rings. The number of hydrogen-bond acceptors (Lipinski definition) is 9. The van der Waals surface area contributed by atoms with Crippen LogP contribution in [0.5, 0.6) is 5.75 Å². The zero-order valence-electron chi connectivity index (χ0n) is 25.2. The molecule has 1 aromatic heterocycles. The minimum absolute atomic E-state index is 0.123. The lowest BCUT2D eigenvalue weighted by molar-refractivity contribution is -0.143. The summed E-state index contributed by atoms with van der Waals surface area (Å²) in [5.41, 5.74) is 1.15. The number of carbonyl (C=O) groups is 5. The van der Waals surface area contributed by atoms with Gasteiger partial charge in [-0.2, -0.15) is 0 Å². The summed E-state index contributed by atoms with van der Waals surface area (Å²) in [4.78, 5) is 72.5. The van der Waals surface area contributed by atoms with Gasteiger partial charge in [0.25, 0.3) is 11.8 Å². The van der Waals surface area contributed by atoms with Crippen LogP contribution in [0.4, 0.5) is 4.79 Å². The predicted octanol–water partition coefficient (Wildman–Crippen LogP) is 1.17. The number of aliphatic hydroxyl groups is 1. The quantitative estimate of drug-likeness (QED) is 0.352. The molecule has 0 aliphatic carbocycles. The van der Waals surface area contributed by atoms with Crippen LogP contribution in [-0.2, 0) is 19.1 Å². The van der Waals surface area contributed by atoms with E-state index in [-0.39, 0.29) is 62.8 Å². The molecule has 0 bridgehead atoms. The molecule has 238 valence electrons. The summed E-state index contributed by atoms with van der Waals surface area (Å²) >= 11 is 0. The SMILES string of the molecule is CCOC(=O)N1CCN(C(=O)[C@H](CC(=O)O)NC(=O)c2cc(O[C@@H](C)C(=O)N3CCC[C@H]3CO)c3ccc(C)cc3n2)CC1. The fraction of sp³-hybridized carbons (Fsp3) is 0.533. The number of aryl methyl sites for hydroxylation is 1. The highest BCUT2D eigenvalue weighted by atomic mass is 16.6. The molecule has 0 unspecified atom stereocenters. The summed E-state index contributed by atoms with van der Waals surface area (Å²) < 4.78 is 11.1. The van der Waals surface area contributed by atoms with Gasteiger partial charge in [-0.05, 0) is 51.3 Å². The number of nitrogens with zero attached hydrogens (tertiary/aromatic N) is 4. The van der Waals surface area contributed by atoms with E-state index in [9.17, 15) is 34.2 Å². The molecule has 0 saturated carbocycles. The highest BCUT2D eigenvalue weighted by molar-refractivity contribution is 6.00. The number of carboxylic acids is 1. The molecule has 14 nitrogen and oxygen atoms in total. The van der Waals surface area contributed by atoms with Crippen LogP contribution in [0.25, 0.3) is 10.9 Å². The Balaban J connectivity index is 1.54. The summed E-state index contributed by atoms with van der Waals surface area (Å²) in [6, 6.07) is 5.06. The molecule has 3 atom stereocenters. The first-order valence-corrected chi connectivity index (χ1v) is 14.7. The number of rotatable bonds is 10. The average Bonchev–Trinajstić information content (AvgIpc) is 3.48. The van der Waals surface area contributed by atoms with Crippen molar-refractivity contribution in [2.75, 3.05) is 45.9 Å². The molecule has 44 heavy (non-hydrogen) atoms. The van der Waals surface area contributed by atoms with Crippen LogP contribution < -0.4 is 10.1 Å². The number of amides is 4. The van der Waals surface area contributed by atoms with E-state index in [1.807, 2.05) is 13.0 Å². The number of nitrogens with one attached hydrogen (secondary N) is 1. The minimum Gasteiger partial charge on any atom is -0.481 e. The second-order valence-electron chi connectivity index (χ2n) is 10.9. The van der Waals surface area contributed by atoms with Gasteiger partial charge < -0.3 is 39.7 Å². The van der Waals surface area contributed by atoms with E-state index in [4.69, 9.17) is 9.47 Å². The van der Waals surface area contributed by atoms with E-state index in [0.717, 1.165) is 12.0 Å². The van der Waals surface area contributed by atoms with E-state index in [0.29, 0.717) is 23.9 Å². The second-order valence-corrected chi connectivity index (χ2v) is 10.9. The van der Waals surface area contributed by atoms with Crippen LogP contribution in [0.1, 0.15) is 49.2 Å². The van der Waals surface area contributed by atoms with Crippen molar-refractivity contribution in [1.29, 1.82) is 0 Å². The van der Waals surface area contributed by atoms with E-state index in [1.165, 1.54) is 15.9 Å². The molecule has 0 spiro atoms. The zero-order valence-corrected chi connectivity index (χ0v) is 25.2. The first-order valence-electron chi connectivity index (χ1n) is 14.7. The Morgan fingerprint density at radius 1 is 1.05 bits per heavy atom. The second kappa shape index (κ2) is 14.3. The summed E-state index contributed by atoms with van der Waals surface area (Å²) in [5, 5.41) is 22.2. The van der Waals surface area contributed by atoms with Crippen LogP contribution >= 0.6 is 0 Å². The summed E-state index contributed by atoms with van der Waals surface area (Å²) in [6.45, 7) is 6.44.